The molecule has 1 saturated carbocycles. The molecule has 1 amide bonds. The van der Waals surface area contributed by atoms with Crippen molar-refractivity contribution in [3.63, 3.8) is 0 Å². The Hall–Kier alpha value is -3.75. The lowest BCUT2D eigenvalue weighted by Crippen LogP contribution is -2.21. The normalized spacial score (nSPS) is 19.5. The second kappa shape index (κ2) is 8.89. The average molecular weight is 479 g/mol. The molecule has 2 aliphatic rings. The zero-order chi connectivity index (χ0) is 24.6. The number of nitrogens with one attached hydrogen (secondary N) is 2. The summed E-state index contributed by atoms with van der Waals surface area (Å²) in [6, 6.07) is 16.7. The molecule has 2 unspecified atom stereocenters. The topological polar surface area (TPSA) is 134 Å². The first-order valence-electron chi connectivity index (χ1n) is 10.5. The van der Waals surface area contributed by atoms with Crippen molar-refractivity contribution in [2.24, 2.45) is 11.0 Å². The Bertz CT molecular complexity index is 1310. The molecule has 3 aromatic rings. The van der Waals surface area contributed by atoms with Crippen molar-refractivity contribution >= 4 is 34.9 Å². The molecular formula is C25H23ClN4O4. The van der Waals surface area contributed by atoms with Gasteiger partial charge in [-0.05, 0) is 65.9 Å². The molecule has 0 saturated heterocycles. The molecule has 0 bridgehead atoms. The maximum atomic E-state index is 13.0. The second-order valence-corrected chi connectivity index (χ2v) is 8.75. The van der Waals surface area contributed by atoms with Crippen molar-refractivity contribution in [1.29, 1.82) is 0 Å². The zero-order valence-corrected chi connectivity index (χ0v) is 19.3. The fourth-order valence-corrected chi connectivity index (χ4v) is 4.94. The van der Waals surface area contributed by atoms with E-state index in [-0.39, 0.29) is 17.4 Å². The molecule has 1 aliphatic heterocycles. The number of rotatable bonds is 4. The summed E-state index contributed by atoms with van der Waals surface area (Å²) in [5.74, 6) is 4.34. The maximum absolute atomic E-state index is 13.0. The first-order valence-corrected chi connectivity index (χ1v) is 10.9. The Morgan fingerprint density at radius 2 is 1.88 bits per heavy atom. The Morgan fingerprint density at radius 1 is 1.21 bits per heavy atom. The number of carboxylic acids is 1. The molecule has 8 nitrogen and oxygen atoms in total. The van der Waals surface area contributed by atoms with Crippen molar-refractivity contribution in [3.05, 3.63) is 86.8 Å². The monoisotopic (exact) mass is 478 g/mol. The van der Waals surface area contributed by atoms with Gasteiger partial charge in [0.1, 0.15) is 0 Å². The number of aromatic carboxylic acids is 1. The molecule has 5 rings (SSSR count). The number of aryl methyl sites for hydroxylation is 1. The van der Waals surface area contributed by atoms with Gasteiger partial charge in [0.25, 0.3) is 0 Å². The highest BCUT2D eigenvalue weighted by atomic mass is 35.5. The quantitative estimate of drug-likeness (QED) is 0.235. The van der Waals surface area contributed by atoms with Crippen LogP contribution in [0.1, 0.15) is 39.4 Å². The van der Waals surface area contributed by atoms with E-state index >= 15 is 0 Å². The lowest BCUT2D eigenvalue weighted by Gasteiger charge is -2.13. The van der Waals surface area contributed by atoms with E-state index in [1.165, 1.54) is 7.05 Å². The smallest absolute Gasteiger partial charge is 0.335 e. The highest BCUT2D eigenvalue weighted by molar-refractivity contribution is 6.34. The van der Waals surface area contributed by atoms with Crippen LogP contribution in [0.2, 0.25) is 5.02 Å². The standard InChI is InChI=1S/C24H20ClN3O3.CH3NO/c1-12-2-3-14(8-16(12)22(29)30)19-11-24(19)18-9-17(13-4-6-15(28-26)7-5-13)20(25)10-21(18)27-23(24)31;1-2-3/h2-10,19,28H,11,26H2,1H3,(H,27,31)(H,29,30);1H3. The lowest BCUT2D eigenvalue weighted by molar-refractivity contribution is -0.118. The van der Waals surface area contributed by atoms with E-state index in [1.54, 1.807) is 25.1 Å². The van der Waals surface area contributed by atoms with Crippen LogP contribution in [0.25, 0.3) is 11.1 Å². The van der Waals surface area contributed by atoms with Gasteiger partial charge in [-0.25, -0.2) is 4.79 Å². The third-order valence-corrected chi connectivity index (χ3v) is 6.77. The van der Waals surface area contributed by atoms with E-state index in [2.05, 4.69) is 15.9 Å². The molecule has 0 radical (unpaired) electrons. The van der Waals surface area contributed by atoms with Crippen molar-refractivity contribution in [2.45, 2.75) is 24.7 Å². The van der Waals surface area contributed by atoms with Crippen molar-refractivity contribution in [1.82, 2.24) is 0 Å². The van der Waals surface area contributed by atoms with Gasteiger partial charge in [0, 0.05) is 22.9 Å². The van der Waals surface area contributed by atoms with E-state index in [0.717, 1.165) is 27.9 Å². The molecule has 1 aliphatic carbocycles. The summed E-state index contributed by atoms with van der Waals surface area (Å²) < 4.78 is 0. The van der Waals surface area contributed by atoms with Crippen LogP contribution in [-0.2, 0) is 10.2 Å². The highest BCUT2D eigenvalue weighted by Gasteiger charge is 2.65. The van der Waals surface area contributed by atoms with Crippen molar-refractivity contribution < 1.29 is 14.7 Å². The highest BCUT2D eigenvalue weighted by Crippen LogP contribution is 2.65. The summed E-state index contributed by atoms with van der Waals surface area (Å²) in [4.78, 5) is 33.2. The number of nitrogens with two attached hydrogens (primary N) is 1. The maximum Gasteiger partial charge on any atom is 0.335 e. The molecule has 3 aromatic carbocycles. The van der Waals surface area contributed by atoms with Crippen LogP contribution < -0.4 is 16.6 Å². The van der Waals surface area contributed by atoms with Crippen LogP contribution in [0.4, 0.5) is 11.4 Å². The third kappa shape index (κ3) is 3.81. The minimum absolute atomic E-state index is 0.0687. The van der Waals surface area contributed by atoms with Gasteiger partial charge in [0.15, 0.2) is 0 Å². The zero-order valence-electron chi connectivity index (χ0n) is 18.6. The van der Waals surface area contributed by atoms with Crippen LogP contribution in [0, 0.1) is 11.8 Å². The van der Waals surface area contributed by atoms with Crippen LogP contribution >= 0.6 is 11.6 Å². The van der Waals surface area contributed by atoms with E-state index < -0.39 is 11.4 Å². The fraction of sp³-hybridized carbons (Fsp3) is 0.200. The molecule has 5 N–H and O–H groups in total. The molecule has 0 aromatic heterocycles. The summed E-state index contributed by atoms with van der Waals surface area (Å²) in [7, 11) is 1.19. The predicted molar refractivity (Wildman–Crippen MR) is 132 cm³/mol. The Kier molecular flexibility index (Phi) is 6.12. The SMILES string of the molecule is CN=O.Cc1ccc(C2CC23C(=O)Nc2cc(Cl)c(-c4ccc(NN)cc4)cc23)cc1C(=O)O. The number of carboxylic acid groups (broad SMARTS) is 1. The van der Waals surface area contributed by atoms with E-state index in [9.17, 15) is 14.7 Å². The molecule has 2 atom stereocenters. The summed E-state index contributed by atoms with van der Waals surface area (Å²) in [5.41, 5.74) is 7.89. The lowest BCUT2D eigenvalue weighted by atomic mass is 9.89. The molecule has 9 heteroatoms. The Labute approximate surface area is 201 Å². The number of hydrogen-bond acceptors (Lipinski definition) is 6. The number of amides is 1. The van der Waals surface area contributed by atoms with Gasteiger partial charge >= 0.3 is 5.97 Å². The minimum Gasteiger partial charge on any atom is -0.478 e. The number of hydrazine groups is 1. The van der Waals surface area contributed by atoms with Crippen molar-refractivity contribution in [2.75, 3.05) is 17.8 Å². The molecule has 34 heavy (non-hydrogen) atoms. The summed E-state index contributed by atoms with van der Waals surface area (Å²) >= 11 is 6.55. The fourth-order valence-electron chi connectivity index (χ4n) is 4.67. The van der Waals surface area contributed by atoms with Crippen LogP contribution in [0.5, 0.6) is 0 Å². The summed E-state index contributed by atoms with van der Waals surface area (Å²) in [6.07, 6.45) is 0.630. The number of benzene rings is 3. The van der Waals surface area contributed by atoms with Crippen molar-refractivity contribution in [3.8, 4) is 11.1 Å². The number of carbonyl (C=O) groups is 2. The Morgan fingerprint density at radius 3 is 2.50 bits per heavy atom. The van der Waals surface area contributed by atoms with Gasteiger partial charge in [-0.15, -0.1) is 0 Å². The molecular weight excluding hydrogens is 456 g/mol. The molecule has 1 fully saturated rings. The summed E-state index contributed by atoms with van der Waals surface area (Å²) in [6.45, 7) is 1.77. The van der Waals surface area contributed by atoms with Crippen LogP contribution in [-0.4, -0.2) is 24.0 Å². The van der Waals surface area contributed by atoms with Gasteiger partial charge in [0.05, 0.1) is 23.0 Å². The van der Waals surface area contributed by atoms with Gasteiger partial charge < -0.3 is 15.8 Å². The van der Waals surface area contributed by atoms with Crippen LogP contribution in [0.3, 0.4) is 0 Å². The second-order valence-electron chi connectivity index (χ2n) is 8.34. The number of halogens is 1. The first-order chi connectivity index (χ1) is 16.3. The van der Waals surface area contributed by atoms with Gasteiger partial charge in [-0.1, -0.05) is 41.0 Å². The Balaban J connectivity index is 0.000000868. The van der Waals surface area contributed by atoms with E-state index in [1.807, 2.05) is 36.4 Å². The average Bonchev–Trinajstić information content (AvgIpc) is 3.50. The molecule has 1 spiro atoms. The van der Waals surface area contributed by atoms with Gasteiger partial charge in [0.2, 0.25) is 5.91 Å². The number of nitrogens with zero attached hydrogens (tertiary/aromatic N) is 1. The number of fused-ring (bicyclic) bond motifs is 2. The van der Waals surface area contributed by atoms with E-state index in [4.69, 9.17) is 22.4 Å². The molecule has 174 valence electrons. The first kappa shape index (κ1) is 23.4. The van der Waals surface area contributed by atoms with Crippen LogP contribution in [0.15, 0.2) is 59.8 Å². The van der Waals surface area contributed by atoms with Gasteiger partial charge in [-0.2, -0.15) is 4.91 Å². The minimum atomic E-state index is -0.963. The number of carbonyl (C=O) groups excluding carboxylic acids is 1. The van der Waals surface area contributed by atoms with Gasteiger partial charge in [-0.3, -0.25) is 10.6 Å². The number of anilines is 2. The van der Waals surface area contributed by atoms with E-state index in [0.29, 0.717) is 22.7 Å². The molecule has 1 heterocycles. The number of nitroso groups, excluding NO2 is 1. The number of hydrogen-bond donors (Lipinski definition) is 4. The largest absolute Gasteiger partial charge is 0.478 e. The summed E-state index contributed by atoms with van der Waals surface area (Å²) in [5, 5.41) is 15.2. The third-order valence-electron chi connectivity index (χ3n) is 6.46. The number of nitrogen functional groups attached to an aromatic ring is 1. The predicted octanol–water partition coefficient (Wildman–Crippen LogP) is 5.06.